The van der Waals surface area contributed by atoms with Crippen molar-refractivity contribution in [2.45, 2.75) is 119 Å². The molecule has 0 bridgehead atoms. The molecular weight excluding hydrogens is 429 g/mol. The van der Waals surface area contributed by atoms with E-state index in [1.54, 1.807) is 0 Å². The molecule has 0 aliphatic carbocycles. The quantitative estimate of drug-likeness (QED) is 0.0476. The zero-order valence-corrected chi connectivity index (χ0v) is 22.7. The highest BCUT2D eigenvalue weighted by molar-refractivity contribution is 6.50. The van der Waals surface area contributed by atoms with E-state index in [4.69, 9.17) is 4.99 Å². The Bertz CT molecular complexity index is 424. The number of unbranched alkanes of at least 4 members (excludes halogenated alkanes) is 6. The lowest BCUT2D eigenvalue weighted by Crippen LogP contribution is -2.61. The van der Waals surface area contributed by atoms with Gasteiger partial charge in [0.15, 0.2) is 0 Å². The summed E-state index contributed by atoms with van der Waals surface area (Å²) in [6.45, 7) is 21.1. The summed E-state index contributed by atoms with van der Waals surface area (Å²) in [5, 5.41) is 0. The third-order valence-corrected chi connectivity index (χ3v) is 5.85. The molecule has 200 valence electrons. The molecule has 0 aliphatic heterocycles. The lowest BCUT2D eigenvalue weighted by Gasteiger charge is -2.43. The Balaban J connectivity index is 0. The molecule has 0 saturated heterocycles. The molecule has 0 unspecified atom stereocenters. The molecule has 0 amide bonds. The van der Waals surface area contributed by atoms with Gasteiger partial charge in [0, 0.05) is 19.6 Å². The van der Waals surface area contributed by atoms with Crippen molar-refractivity contribution < 1.29 is 21.7 Å². The van der Waals surface area contributed by atoms with Gasteiger partial charge in [-0.2, -0.15) is 0 Å². The zero-order valence-electron chi connectivity index (χ0n) is 22.7. The van der Waals surface area contributed by atoms with Gasteiger partial charge < -0.3 is 22.2 Å². The maximum Gasteiger partial charge on any atom is 0.673 e. The molecule has 0 N–H and O–H groups in total. The first kappa shape index (κ1) is 34.4. The number of hydrogen-bond donors (Lipinski definition) is 0. The first-order valence-corrected chi connectivity index (χ1v) is 13.7. The monoisotopic (exact) mass is 483 g/mol. The number of hydrogen-bond acceptors (Lipinski definition) is 1. The number of quaternary nitrogens is 1. The van der Waals surface area contributed by atoms with Gasteiger partial charge in [-0.3, -0.25) is 4.48 Å². The smallest absolute Gasteiger partial charge is 0.418 e. The molecule has 0 fully saturated rings. The molecule has 0 atom stereocenters. The fourth-order valence-corrected chi connectivity index (χ4v) is 3.91. The van der Waals surface area contributed by atoms with Crippen molar-refractivity contribution in [2.24, 2.45) is 4.99 Å². The van der Waals surface area contributed by atoms with Crippen molar-refractivity contribution in [1.29, 1.82) is 0 Å². The van der Waals surface area contributed by atoms with E-state index in [-0.39, 0.29) is 0 Å². The van der Waals surface area contributed by atoms with Crippen LogP contribution in [0.15, 0.2) is 4.99 Å². The van der Waals surface area contributed by atoms with E-state index >= 15 is 0 Å². The summed E-state index contributed by atoms with van der Waals surface area (Å²) in [5.74, 6) is 1.45. The number of aliphatic imine (C=N–C) groups is 1. The third kappa shape index (κ3) is 19.2. The summed E-state index contributed by atoms with van der Waals surface area (Å²) >= 11 is 0. The summed E-state index contributed by atoms with van der Waals surface area (Å²) in [4.78, 5) is 8.08. The molecule has 0 radical (unpaired) electrons. The maximum absolute atomic E-state index is 9.75. The summed E-state index contributed by atoms with van der Waals surface area (Å²) < 4.78 is 40.1. The highest BCUT2D eigenvalue weighted by atomic mass is 19.5. The molecule has 33 heavy (non-hydrogen) atoms. The molecule has 0 heterocycles. The molecule has 0 rings (SSSR count). The lowest BCUT2D eigenvalue weighted by molar-refractivity contribution is -0.848. The van der Waals surface area contributed by atoms with Crippen LogP contribution in [0, 0.1) is 0 Å². The van der Waals surface area contributed by atoms with Crippen molar-refractivity contribution >= 4 is 13.2 Å². The SMILES string of the molecule is CCCCN=C(N(CCCC)CCCC)[N+](CCCC)(CCCC)CCCC.F[B-](F)(F)F. The van der Waals surface area contributed by atoms with E-state index in [2.05, 4.69) is 46.4 Å². The van der Waals surface area contributed by atoms with Crippen LogP contribution in [0.1, 0.15) is 119 Å². The molecule has 0 spiro atoms. The van der Waals surface area contributed by atoms with Crippen LogP contribution in [0.5, 0.6) is 0 Å². The summed E-state index contributed by atoms with van der Waals surface area (Å²) in [6, 6.07) is 0. The second kappa shape index (κ2) is 21.7. The van der Waals surface area contributed by atoms with Crippen molar-refractivity contribution in [1.82, 2.24) is 4.90 Å². The molecule has 0 aliphatic rings. The van der Waals surface area contributed by atoms with Gasteiger partial charge in [0.25, 0.3) is 5.96 Å². The van der Waals surface area contributed by atoms with Crippen LogP contribution in [0.3, 0.4) is 0 Å². The predicted octanol–water partition coefficient (Wildman–Crippen LogP) is 8.56. The Morgan fingerprint density at radius 2 is 0.939 bits per heavy atom. The summed E-state index contributed by atoms with van der Waals surface area (Å²) in [5.41, 5.74) is 0. The average Bonchev–Trinajstić information content (AvgIpc) is 2.76. The van der Waals surface area contributed by atoms with Crippen LogP contribution < -0.4 is 0 Å². The van der Waals surface area contributed by atoms with E-state index in [0.29, 0.717) is 0 Å². The Morgan fingerprint density at radius 1 is 0.606 bits per heavy atom. The highest BCUT2D eigenvalue weighted by Gasteiger charge is 2.36. The molecule has 3 nitrogen and oxygen atoms in total. The van der Waals surface area contributed by atoms with Crippen LogP contribution in [0.25, 0.3) is 0 Å². The maximum atomic E-state index is 9.75. The van der Waals surface area contributed by atoms with Crippen LogP contribution >= 0.6 is 0 Å². The van der Waals surface area contributed by atoms with E-state index in [9.17, 15) is 17.3 Å². The highest BCUT2D eigenvalue weighted by Crippen LogP contribution is 2.20. The van der Waals surface area contributed by atoms with Gasteiger partial charge >= 0.3 is 7.25 Å². The van der Waals surface area contributed by atoms with Gasteiger partial charge in [0.05, 0.1) is 19.6 Å². The number of rotatable bonds is 18. The minimum absolute atomic E-state index is 1.00. The van der Waals surface area contributed by atoms with Gasteiger partial charge in [0.1, 0.15) is 0 Å². The number of guanidine groups is 1. The van der Waals surface area contributed by atoms with Crippen molar-refractivity contribution in [3.63, 3.8) is 0 Å². The van der Waals surface area contributed by atoms with Crippen LogP contribution in [-0.4, -0.2) is 61.9 Å². The van der Waals surface area contributed by atoms with E-state index in [0.717, 1.165) is 11.0 Å². The average molecular weight is 484 g/mol. The number of halogens is 4. The summed E-state index contributed by atoms with van der Waals surface area (Å²) in [6.07, 6.45) is 15.3. The fourth-order valence-electron chi connectivity index (χ4n) is 3.91. The van der Waals surface area contributed by atoms with Gasteiger partial charge in [-0.05, 0) is 38.5 Å². The Kier molecular flexibility index (Phi) is 22.6. The minimum Gasteiger partial charge on any atom is -0.418 e. The largest absolute Gasteiger partial charge is 0.673 e. The first-order valence-electron chi connectivity index (χ1n) is 13.7. The van der Waals surface area contributed by atoms with E-state index in [1.165, 1.54) is 116 Å². The molecule has 8 heteroatoms. The van der Waals surface area contributed by atoms with Crippen LogP contribution in [-0.2, 0) is 0 Å². The first-order chi connectivity index (χ1) is 15.7. The van der Waals surface area contributed by atoms with Crippen molar-refractivity contribution in [3.8, 4) is 0 Å². The van der Waals surface area contributed by atoms with Gasteiger partial charge in [-0.15, -0.1) is 0 Å². The van der Waals surface area contributed by atoms with Crippen molar-refractivity contribution in [3.05, 3.63) is 0 Å². The molecular formula is C25H54BF4N3. The molecule has 0 saturated carbocycles. The van der Waals surface area contributed by atoms with Crippen LogP contribution in [0.4, 0.5) is 17.3 Å². The van der Waals surface area contributed by atoms with Gasteiger partial charge in [0.2, 0.25) is 0 Å². The predicted molar refractivity (Wildman–Crippen MR) is 138 cm³/mol. The zero-order chi connectivity index (χ0) is 25.6. The topological polar surface area (TPSA) is 15.6 Å². The third-order valence-electron chi connectivity index (χ3n) is 5.85. The lowest BCUT2D eigenvalue weighted by atomic mass is 10.1. The van der Waals surface area contributed by atoms with Gasteiger partial charge in [-0.1, -0.05) is 80.1 Å². The van der Waals surface area contributed by atoms with E-state index < -0.39 is 7.25 Å². The van der Waals surface area contributed by atoms with Gasteiger partial charge in [-0.25, -0.2) is 4.99 Å². The number of nitrogens with zero attached hydrogens (tertiary/aromatic N) is 3. The van der Waals surface area contributed by atoms with Crippen LogP contribution in [0.2, 0.25) is 0 Å². The second-order valence-corrected chi connectivity index (χ2v) is 9.10. The summed E-state index contributed by atoms with van der Waals surface area (Å²) in [7, 11) is -6.00. The van der Waals surface area contributed by atoms with Crippen molar-refractivity contribution in [2.75, 3.05) is 39.3 Å². The second-order valence-electron chi connectivity index (χ2n) is 9.10. The Hall–Kier alpha value is -0.785. The minimum atomic E-state index is -6.00. The van der Waals surface area contributed by atoms with E-state index in [1.807, 2.05) is 0 Å². The molecule has 0 aromatic rings. The Labute approximate surface area is 203 Å². The molecule has 0 aromatic heterocycles. The fraction of sp³-hybridized carbons (Fsp3) is 0.960. The standard InChI is InChI=1S/C25H54N3.BF4/c1-7-13-19-26-25(27(20-14-8-2)21-15-9-3)28(22-16-10-4,23-17-11-5)24-18-12-6;2-1(3,4)5/h7-24H2,1-6H3;/q+1;-1. The normalized spacial score (nSPS) is 12.5. The molecule has 0 aromatic carbocycles. The Morgan fingerprint density at radius 3 is 1.24 bits per heavy atom.